The molecular weight excluding hydrogens is 340 g/mol. The number of rotatable bonds is 2. The lowest BCUT2D eigenvalue weighted by molar-refractivity contribution is -0.140. The normalized spacial score (nSPS) is 35.9. The Bertz CT molecular complexity index is 1040. The second kappa shape index (κ2) is 5.06. The van der Waals surface area contributed by atoms with Crippen LogP contribution >= 0.6 is 0 Å². The number of fused-ring (bicyclic) bond motifs is 1. The number of imide groups is 1. The highest BCUT2D eigenvalue weighted by molar-refractivity contribution is 6.08. The molecule has 1 aliphatic heterocycles. The number of phenolic OH excluding ortho intramolecular Hbond substituents is 1. The topological polar surface area (TPSA) is 70.0 Å². The summed E-state index contributed by atoms with van der Waals surface area (Å²) in [5.74, 6) is 0.714. The Morgan fingerprint density at radius 1 is 0.963 bits per heavy atom. The lowest BCUT2D eigenvalue weighted by Crippen LogP contribution is -2.40. The van der Waals surface area contributed by atoms with Gasteiger partial charge in [0.1, 0.15) is 5.75 Å². The summed E-state index contributed by atoms with van der Waals surface area (Å²) in [5, 5.41) is 17.4. The molecular formula is C22H18N2O3. The van der Waals surface area contributed by atoms with Gasteiger partial charge in [-0.15, -0.1) is 0 Å². The Morgan fingerprint density at radius 2 is 1.63 bits per heavy atom. The summed E-state index contributed by atoms with van der Waals surface area (Å²) >= 11 is 0. The maximum atomic E-state index is 13.0. The first kappa shape index (κ1) is 15.1. The zero-order valence-electron chi connectivity index (χ0n) is 14.5. The Kier molecular flexibility index (Phi) is 2.84. The molecule has 1 saturated heterocycles. The Morgan fingerprint density at radius 3 is 2.33 bits per heavy atom. The van der Waals surface area contributed by atoms with Gasteiger partial charge in [0, 0.05) is 5.56 Å². The number of allylic oxidation sites excluding steroid dienone is 2. The van der Waals surface area contributed by atoms with Gasteiger partial charge < -0.3 is 5.11 Å². The van der Waals surface area contributed by atoms with E-state index in [0.29, 0.717) is 17.4 Å². The van der Waals surface area contributed by atoms with Gasteiger partial charge in [-0.05, 0) is 46.9 Å². The van der Waals surface area contributed by atoms with E-state index >= 15 is 0 Å². The molecule has 2 aromatic carbocycles. The lowest BCUT2D eigenvalue weighted by atomic mass is 9.63. The Hall–Kier alpha value is -2.95. The molecule has 4 aliphatic carbocycles. The van der Waals surface area contributed by atoms with Gasteiger partial charge in [-0.1, -0.05) is 42.5 Å². The molecule has 0 radical (unpaired) electrons. The molecule has 2 saturated carbocycles. The van der Waals surface area contributed by atoms with Crippen molar-refractivity contribution in [3.05, 3.63) is 54.1 Å². The molecule has 5 heteroatoms. The molecule has 0 aromatic heterocycles. The molecule has 6 atom stereocenters. The van der Waals surface area contributed by atoms with Crippen molar-refractivity contribution < 1.29 is 14.7 Å². The fraction of sp³-hybridized carbons (Fsp3) is 0.318. The Balaban J connectivity index is 1.38. The van der Waals surface area contributed by atoms with Crippen LogP contribution in [0.4, 0.5) is 0 Å². The van der Waals surface area contributed by atoms with Gasteiger partial charge in [0.05, 0.1) is 18.1 Å². The summed E-state index contributed by atoms with van der Waals surface area (Å²) in [5.41, 5.74) is 0.521. The van der Waals surface area contributed by atoms with E-state index in [0.717, 1.165) is 22.2 Å². The van der Waals surface area contributed by atoms with Gasteiger partial charge in [-0.25, -0.2) is 0 Å². The minimum absolute atomic E-state index is 0.0805. The third-order valence-corrected chi connectivity index (χ3v) is 6.89. The lowest BCUT2D eigenvalue weighted by Gasteiger charge is -2.37. The predicted octanol–water partition coefficient (Wildman–Crippen LogP) is 2.93. The fourth-order valence-corrected chi connectivity index (χ4v) is 5.59. The highest BCUT2D eigenvalue weighted by Crippen LogP contribution is 2.65. The summed E-state index contributed by atoms with van der Waals surface area (Å²) < 4.78 is 0. The number of hydrazone groups is 1. The van der Waals surface area contributed by atoms with Crippen LogP contribution in [-0.4, -0.2) is 28.1 Å². The zero-order valence-corrected chi connectivity index (χ0v) is 14.5. The van der Waals surface area contributed by atoms with Gasteiger partial charge in [-0.3, -0.25) is 9.59 Å². The van der Waals surface area contributed by atoms with Crippen LogP contribution in [0.15, 0.2) is 53.7 Å². The second-order valence-corrected chi connectivity index (χ2v) is 8.11. The summed E-state index contributed by atoms with van der Waals surface area (Å²) in [7, 11) is 0. The van der Waals surface area contributed by atoms with Crippen molar-refractivity contribution in [1.29, 1.82) is 0 Å². The SMILES string of the molecule is O=C1[C@@H]2[C@H]3C=C[C@H]([C@@H]4C[C@H]34)[C@@H]2C(=O)N1/N=C/c1c(O)ccc2ccccc12. The number of benzene rings is 2. The molecule has 7 rings (SSSR count). The van der Waals surface area contributed by atoms with E-state index in [-0.39, 0.29) is 41.2 Å². The van der Waals surface area contributed by atoms with Crippen LogP contribution in [0.1, 0.15) is 12.0 Å². The molecule has 5 nitrogen and oxygen atoms in total. The van der Waals surface area contributed by atoms with E-state index < -0.39 is 0 Å². The first-order valence-electron chi connectivity index (χ1n) is 9.46. The minimum Gasteiger partial charge on any atom is -0.507 e. The maximum absolute atomic E-state index is 13.0. The van der Waals surface area contributed by atoms with Crippen LogP contribution in [0.2, 0.25) is 0 Å². The van der Waals surface area contributed by atoms with Gasteiger partial charge in [0.2, 0.25) is 0 Å². The summed E-state index contributed by atoms with van der Waals surface area (Å²) in [4.78, 5) is 25.9. The monoisotopic (exact) mass is 358 g/mol. The number of carbonyl (C=O) groups is 2. The molecule has 0 unspecified atom stereocenters. The summed E-state index contributed by atoms with van der Waals surface area (Å²) in [6.07, 6.45) is 6.88. The van der Waals surface area contributed by atoms with Gasteiger partial charge >= 0.3 is 0 Å². The molecule has 134 valence electrons. The predicted molar refractivity (Wildman–Crippen MR) is 99.8 cm³/mol. The smallest absolute Gasteiger partial charge is 0.254 e. The molecule has 0 spiro atoms. The molecule has 2 bridgehead atoms. The van der Waals surface area contributed by atoms with Crippen LogP contribution in [-0.2, 0) is 9.59 Å². The number of hydrogen-bond donors (Lipinski definition) is 1. The van der Waals surface area contributed by atoms with Crippen molar-refractivity contribution in [3.8, 4) is 5.75 Å². The Labute approximate surface area is 156 Å². The molecule has 2 amide bonds. The van der Waals surface area contributed by atoms with Crippen LogP contribution in [0.25, 0.3) is 10.8 Å². The largest absolute Gasteiger partial charge is 0.507 e. The van der Waals surface area contributed by atoms with Crippen molar-refractivity contribution in [2.45, 2.75) is 6.42 Å². The number of phenols is 1. The fourth-order valence-electron chi connectivity index (χ4n) is 5.59. The van der Waals surface area contributed by atoms with Gasteiger partial charge in [0.25, 0.3) is 11.8 Å². The van der Waals surface area contributed by atoms with E-state index in [2.05, 4.69) is 17.3 Å². The van der Waals surface area contributed by atoms with E-state index in [9.17, 15) is 14.7 Å². The quantitative estimate of drug-likeness (QED) is 0.510. The molecule has 2 aromatic rings. The van der Waals surface area contributed by atoms with Crippen molar-refractivity contribution in [3.63, 3.8) is 0 Å². The van der Waals surface area contributed by atoms with Crippen LogP contribution in [0.3, 0.4) is 0 Å². The number of hydrogen-bond acceptors (Lipinski definition) is 4. The van der Waals surface area contributed by atoms with Gasteiger partial charge in [0.15, 0.2) is 0 Å². The average Bonchev–Trinajstić information content (AvgIpc) is 3.47. The average molecular weight is 358 g/mol. The summed E-state index contributed by atoms with van der Waals surface area (Å²) in [6, 6.07) is 11.1. The highest BCUT2D eigenvalue weighted by Gasteiger charge is 2.67. The van der Waals surface area contributed by atoms with E-state index in [1.165, 1.54) is 6.21 Å². The van der Waals surface area contributed by atoms with E-state index in [4.69, 9.17) is 0 Å². The van der Waals surface area contributed by atoms with E-state index in [1.807, 2.05) is 30.3 Å². The number of amides is 2. The van der Waals surface area contributed by atoms with Crippen molar-refractivity contribution in [2.24, 2.45) is 40.6 Å². The zero-order chi connectivity index (χ0) is 18.3. The molecule has 1 heterocycles. The number of nitrogens with zero attached hydrogens (tertiary/aromatic N) is 2. The van der Waals surface area contributed by atoms with Gasteiger partial charge in [-0.2, -0.15) is 10.1 Å². The third-order valence-electron chi connectivity index (χ3n) is 6.89. The first-order chi connectivity index (χ1) is 13.1. The highest BCUT2D eigenvalue weighted by atomic mass is 16.3. The standard InChI is InChI=1S/C22H18N2O3/c25-18-8-5-11-3-1-2-4-12(11)17(18)10-23-24-21(26)19-13-6-7-14(16-9-15(13)16)20(19)22(24)27/h1-8,10,13-16,19-20,25H,9H2/b23-10+/t13-,14+,15+,16-,19+,20-. The van der Waals surface area contributed by atoms with Crippen molar-refractivity contribution in [2.75, 3.05) is 0 Å². The minimum atomic E-state index is -0.255. The second-order valence-electron chi connectivity index (χ2n) is 8.11. The van der Waals surface area contributed by atoms with Crippen molar-refractivity contribution in [1.82, 2.24) is 5.01 Å². The van der Waals surface area contributed by atoms with Crippen LogP contribution < -0.4 is 0 Å². The third kappa shape index (κ3) is 1.91. The molecule has 1 N–H and O–H groups in total. The van der Waals surface area contributed by atoms with Crippen LogP contribution in [0, 0.1) is 35.5 Å². The molecule has 3 fully saturated rings. The van der Waals surface area contributed by atoms with Crippen molar-refractivity contribution >= 4 is 28.8 Å². The first-order valence-corrected chi connectivity index (χ1v) is 9.46. The number of carbonyl (C=O) groups excluding carboxylic acids is 2. The molecule has 27 heavy (non-hydrogen) atoms. The summed E-state index contributed by atoms with van der Waals surface area (Å²) in [6.45, 7) is 0. The van der Waals surface area contributed by atoms with E-state index in [1.54, 1.807) is 6.07 Å². The molecule has 5 aliphatic rings. The number of aromatic hydroxyl groups is 1. The maximum Gasteiger partial charge on any atom is 0.254 e. The van der Waals surface area contributed by atoms with Crippen LogP contribution in [0.5, 0.6) is 5.75 Å².